The van der Waals surface area contributed by atoms with Crippen LogP contribution >= 0.6 is 22.7 Å². The van der Waals surface area contributed by atoms with E-state index in [0.29, 0.717) is 14.6 Å². The molecule has 0 saturated heterocycles. The fourth-order valence-corrected chi connectivity index (χ4v) is 2.98. The predicted octanol–water partition coefficient (Wildman–Crippen LogP) is 2.97. The Hall–Kier alpha value is -2.52. The zero-order chi connectivity index (χ0) is 18.3. The van der Waals surface area contributed by atoms with Gasteiger partial charge in [0.2, 0.25) is 0 Å². The van der Waals surface area contributed by atoms with Crippen molar-refractivity contribution in [3.8, 4) is 0 Å². The van der Waals surface area contributed by atoms with Crippen LogP contribution in [0.5, 0.6) is 0 Å². The monoisotopic (exact) mass is 370 g/mol. The molecule has 0 aliphatic carbocycles. The number of rotatable bonds is 4. The summed E-state index contributed by atoms with van der Waals surface area (Å²) in [5, 5.41) is 8.51. The standard InChI is InChI=1S/C8H8O3S.C7H6O4S/c1-5(9)6-3-4-7(12-6)8(10)11-2;1-11-7(10)5-3-2-4(12-5)6(8)9/h3-4H,1-2H3;2-3H,1H3,(H,8,9). The number of ether oxygens (including phenoxy) is 2. The van der Waals surface area contributed by atoms with E-state index in [2.05, 4.69) is 9.47 Å². The molecule has 9 heteroatoms. The topological polar surface area (TPSA) is 107 Å². The first-order valence-electron chi connectivity index (χ1n) is 6.40. The molecule has 0 radical (unpaired) electrons. The molecule has 2 aromatic rings. The van der Waals surface area contributed by atoms with Crippen molar-refractivity contribution in [1.82, 2.24) is 0 Å². The van der Waals surface area contributed by atoms with E-state index in [-0.39, 0.29) is 10.7 Å². The van der Waals surface area contributed by atoms with Crippen LogP contribution in [-0.4, -0.2) is 43.0 Å². The van der Waals surface area contributed by atoms with Crippen LogP contribution in [0.2, 0.25) is 0 Å². The zero-order valence-corrected chi connectivity index (χ0v) is 14.7. The van der Waals surface area contributed by atoms with Crippen molar-refractivity contribution in [2.45, 2.75) is 6.92 Å². The van der Waals surface area contributed by atoms with Crippen molar-refractivity contribution in [3.05, 3.63) is 43.8 Å². The minimum absolute atomic E-state index is 0.0323. The third-order valence-corrected chi connectivity index (χ3v) is 4.76. The first-order valence-corrected chi connectivity index (χ1v) is 8.04. The minimum atomic E-state index is -1.03. The fourth-order valence-electron chi connectivity index (χ4n) is 1.40. The fraction of sp³-hybridized carbons (Fsp3) is 0.200. The number of carbonyl (C=O) groups is 4. The molecule has 0 saturated carbocycles. The molecule has 2 aromatic heterocycles. The van der Waals surface area contributed by atoms with Gasteiger partial charge in [-0.2, -0.15) is 0 Å². The normalized spacial score (nSPS) is 9.46. The van der Waals surface area contributed by atoms with Gasteiger partial charge in [-0.3, -0.25) is 4.79 Å². The summed E-state index contributed by atoms with van der Waals surface area (Å²) in [7, 11) is 2.57. The summed E-state index contributed by atoms with van der Waals surface area (Å²) >= 11 is 2.05. The van der Waals surface area contributed by atoms with E-state index >= 15 is 0 Å². The number of thiophene rings is 2. The van der Waals surface area contributed by atoms with Crippen LogP contribution in [-0.2, 0) is 9.47 Å². The molecule has 0 fully saturated rings. The summed E-state index contributed by atoms with van der Waals surface area (Å²) in [6.07, 6.45) is 0. The van der Waals surface area contributed by atoms with Crippen LogP contribution in [0.4, 0.5) is 0 Å². The van der Waals surface area contributed by atoms with Gasteiger partial charge in [-0.1, -0.05) is 0 Å². The molecule has 0 aromatic carbocycles. The lowest BCUT2D eigenvalue weighted by atomic mass is 10.3. The van der Waals surface area contributed by atoms with E-state index in [4.69, 9.17) is 5.11 Å². The highest BCUT2D eigenvalue weighted by atomic mass is 32.1. The lowest BCUT2D eigenvalue weighted by molar-refractivity contribution is 0.0597. The minimum Gasteiger partial charge on any atom is -0.477 e. The van der Waals surface area contributed by atoms with Crippen molar-refractivity contribution in [1.29, 1.82) is 0 Å². The third kappa shape index (κ3) is 5.28. The Kier molecular flexibility index (Phi) is 7.28. The van der Waals surface area contributed by atoms with Gasteiger partial charge in [0.15, 0.2) is 5.78 Å². The quantitative estimate of drug-likeness (QED) is 0.651. The summed E-state index contributed by atoms with van der Waals surface area (Å²) in [5.74, 6) is -1.97. The van der Waals surface area contributed by atoms with E-state index in [1.807, 2.05) is 0 Å². The lowest BCUT2D eigenvalue weighted by Crippen LogP contribution is -1.97. The largest absolute Gasteiger partial charge is 0.477 e. The molecule has 0 aliphatic heterocycles. The van der Waals surface area contributed by atoms with E-state index in [0.717, 1.165) is 22.7 Å². The highest BCUT2D eigenvalue weighted by molar-refractivity contribution is 7.16. The van der Waals surface area contributed by atoms with Gasteiger partial charge in [-0.05, 0) is 31.2 Å². The molecule has 0 aliphatic rings. The summed E-state index contributed by atoms with van der Waals surface area (Å²) in [4.78, 5) is 44.5. The van der Waals surface area contributed by atoms with Crippen molar-refractivity contribution in [3.63, 3.8) is 0 Å². The van der Waals surface area contributed by atoms with Gasteiger partial charge in [-0.25, -0.2) is 14.4 Å². The zero-order valence-electron chi connectivity index (χ0n) is 13.0. The van der Waals surface area contributed by atoms with Gasteiger partial charge in [-0.15, -0.1) is 22.7 Å². The van der Waals surface area contributed by atoms with E-state index in [9.17, 15) is 19.2 Å². The number of carboxylic acids is 1. The number of hydrogen-bond acceptors (Lipinski definition) is 8. The molecule has 0 unspecified atom stereocenters. The molecule has 1 N–H and O–H groups in total. The number of carbonyl (C=O) groups excluding carboxylic acids is 3. The molecule has 0 bridgehead atoms. The number of esters is 2. The molecule has 128 valence electrons. The van der Waals surface area contributed by atoms with Gasteiger partial charge in [0.25, 0.3) is 0 Å². The average Bonchev–Trinajstić information content (AvgIpc) is 3.23. The summed E-state index contributed by atoms with van der Waals surface area (Å²) in [5.41, 5.74) is 0. The molecule has 0 amide bonds. The van der Waals surface area contributed by atoms with Crippen LogP contribution in [0.3, 0.4) is 0 Å². The second-order valence-electron chi connectivity index (χ2n) is 4.17. The third-order valence-electron chi connectivity index (χ3n) is 2.54. The summed E-state index contributed by atoms with van der Waals surface area (Å²) in [6, 6.07) is 6.02. The van der Waals surface area contributed by atoms with Gasteiger partial charge in [0.05, 0.1) is 19.1 Å². The number of hydrogen-bond donors (Lipinski definition) is 1. The van der Waals surface area contributed by atoms with Crippen molar-refractivity contribution >= 4 is 46.4 Å². The van der Waals surface area contributed by atoms with Gasteiger partial charge < -0.3 is 14.6 Å². The molecular formula is C15H14O7S2. The molecule has 0 spiro atoms. The van der Waals surface area contributed by atoms with Crippen molar-refractivity contribution in [2.75, 3.05) is 14.2 Å². The average molecular weight is 370 g/mol. The number of carboxylic acid groups (broad SMARTS) is 1. The maximum Gasteiger partial charge on any atom is 0.348 e. The molecule has 24 heavy (non-hydrogen) atoms. The summed E-state index contributed by atoms with van der Waals surface area (Å²) in [6.45, 7) is 1.47. The Balaban J connectivity index is 0.000000240. The van der Waals surface area contributed by atoms with E-state index in [1.165, 1.54) is 33.3 Å². The van der Waals surface area contributed by atoms with Crippen LogP contribution < -0.4 is 0 Å². The molecule has 7 nitrogen and oxygen atoms in total. The maximum atomic E-state index is 10.9. The van der Waals surface area contributed by atoms with Gasteiger partial charge >= 0.3 is 17.9 Å². The Bertz CT molecular complexity index is 693. The highest BCUT2D eigenvalue weighted by Crippen LogP contribution is 2.17. The van der Waals surface area contributed by atoms with Crippen molar-refractivity contribution < 1.29 is 33.8 Å². The highest BCUT2D eigenvalue weighted by Gasteiger charge is 2.12. The summed E-state index contributed by atoms with van der Waals surface area (Å²) < 4.78 is 8.90. The first-order chi connectivity index (χ1) is 11.3. The lowest BCUT2D eigenvalue weighted by Gasteiger charge is -1.91. The Morgan fingerprint density at radius 1 is 0.792 bits per heavy atom. The number of ketones is 1. The number of aromatic carboxylic acids is 1. The van der Waals surface area contributed by atoms with Gasteiger partial charge in [0, 0.05) is 0 Å². The maximum absolute atomic E-state index is 10.9. The SMILES string of the molecule is COC(=O)c1ccc(C(=O)O)s1.COC(=O)c1ccc(C(C)=O)s1. The van der Waals surface area contributed by atoms with Crippen LogP contribution in [0.15, 0.2) is 24.3 Å². The molecule has 0 atom stereocenters. The Morgan fingerprint density at radius 2 is 1.17 bits per heavy atom. The molecular weight excluding hydrogens is 356 g/mol. The number of Topliss-reactive ketones (excluding diaryl/α,β-unsaturated/α-hetero) is 1. The first kappa shape index (κ1) is 19.5. The van der Waals surface area contributed by atoms with Crippen molar-refractivity contribution in [2.24, 2.45) is 0 Å². The van der Waals surface area contributed by atoms with Crippen LogP contribution in [0, 0.1) is 0 Å². The second-order valence-corrected chi connectivity index (χ2v) is 6.34. The molecule has 2 rings (SSSR count). The smallest absolute Gasteiger partial charge is 0.348 e. The predicted molar refractivity (Wildman–Crippen MR) is 88.3 cm³/mol. The van der Waals surface area contributed by atoms with E-state index < -0.39 is 17.9 Å². The van der Waals surface area contributed by atoms with E-state index in [1.54, 1.807) is 12.1 Å². The number of methoxy groups -OCH3 is 2. The Labute approximate surface area is 145 Å². The second kappa shape index (κ2) is 8.94. The van der Waals surface area contributed by atoms with Crippen LogP contribution in [0.1, 0.15) is 45.6 Å². The molecule has 2 heterocycles. The Morgan fingerprint density at radius 3 is 1.46 bits per heavy atom. The van der Waals surface area contributed by atoms with Crippen LogP contribution in [0.25, 0.3) is 0 Å². The van der Waals surface area contributed by atoms with Gasteiger partial charge in [0.1, 0.15) is 14.6 Å².